The van der Waals surface area contributed by atoms with Gasteiger partial charge in [0.2, 0.25) is 5.84 Å². The highest BCUT2D eigenvalue weighted by Crippen LogP contribution is 2.27. The van der Waals surface area contributed by atoms with Crippen molar-refractivity contribution in [1.29, 1.82) is 0 Å². The minimum Gasteiger partial charge on any atom is -0.351 e. The van der Waals surface area contributed by atoms with E-state index in [0.29, 0.717) is 5.57 Å². The molecular formula is C20H17Cl2F3N4O. The van der Waals surface area contributed by atoms with Crippen LogP contribution in [0.4, 0.5) is 13.2 Å². The van der Waals surface area contributed by atoms with Gasteiger partial charge in [-0.1, -0.05) is 29.3 Å². The number of amides is 1. The molecule has 0 saturated heterocycles. The number of pyridine rings is 1. The largest absolute Gasteiger partial charge is 0.451 e. The van der Waals surface area contributed by atoms with Crippen LogP contribution in [0.1, 0.15) is 28.8 Å². The summed E-state index contributed by atoms with van der Waals surface area (Å²) in [6, 6.07) is 8.05. The van der Waals surface area contributed by atoms with E-state index >= 15 is 0 Å². The van der Waals surface area contributed by atoms with Gasteiger partial charge in [-0.05, 0) is 49.0 Å². The van der Waals surface area contributed by atoms with Gasteiger partial charge in [-0.2, -0.15) is 13.2 Å². The van der Waals surface area contributed by atoms with E-state index in [-0.39, 0.29) is 22.2 Å². The third-order valence-corrected chi connectivity index (χ3v) is 4.93. The fourth-order valence-corrected chi connectivity index (χ4v) is 2.95. The van der Waals surface area contributed by atoms with Crippen LogP contribution in [-0.4, -0.2) is 36.2 Å². The molecule has 2 rings (SSSR count). The predicted molar refractivity (Wildman–Crippen MR) is 113 cm³/mol. The quantitative estimate of drug-likeness (QED) is 0.462. The number of carbonyl (C=O) groups excluding carboxylic acids is 1. The van der Waals surface area contributed by atoms with E-state index in [1.165, 1.54) is 6.07 Å². The van der Waals surface area contributed by atoms with Crippen LogP contribution in [0.5, 0.6) is 0 Å². The van der Waals surface area contributed by atoms with Gasteiger partial charge in [-0.3, -0.25) is 9.78 Å². The standard InChI is InChI=1S/C20H17Cl2F3N4O/c1-12(10-29-19(26-2)20(23,24)25)15(13-6-8-27-9-7-13)11-28-18(30)14-4-3-5-16(21)17(14)22/h3-10,15H,2,11H2,1H3,(H,28,30)/b12-10+,29-19-. The lowest BCUT2D eigenvalue weighted by Gasteiger charge is -2.19. The molecule has 1 aromatic carbocycles. The molecule has 30 heavy (non-hydrogen) atoms. The number of halogens is 5. The van der Waals surface area contributed by atoms with Gasteiger partial charge in [0.25, 0.3) is 5.91 Å². The fraction of sp³-hybridized carbons (Fsp3) is 0.200. The number of nitrogens with zero attached hydrogens (tertiary/aromatic N) is 3. The minimum atomic E-state index is -4.72. The van der Waals surface area contributed by atoms with Gasteiger partial charge < -0.3 is 5.32 Å². The Labute approximate surface area is 181 Å². The second-order valence-corrected chi connectivity index (χ2v) is 6.91. The zero-order valence-corrected chi connectivity index (χ0v) is 17.3. The van der Waals surface area contributed by atoms with Gasteiger partial charge in [0.15, 0.2) is 0 Å². The topological polar surface area (TPSA) is 66.7 Å². The van der Waals surface area contributed by atoms with Crippen LogP contribution in [0.15, 0.2) is 64.5 Å². The minimum absolute atomic E-state index is 0.0758. The average molecular weight is 457 g/mol. The number of alkyl halides is 3. The van der Waals surface area contributed by atoms with Crippen LogP contribution >= 0.6 is 23.2 Å². The summed E-state index contributed by atoms with van der Waals surface area (Å²) >= 11 is 12.0. The van der Waals surface area contributed by atoms with Crippen LogP contribution in [-0.2, 0) is 0 Å². The number of hydrogen-bond acceptors (Lipinski definition) is 3. The van der Waals surface area contributed by atoms with Crippen LogP contribution in [0.2, 0.25) is 10.0 Å². The third kappa shape index (κ3) is 6.14. The summed E-state index contributed by atoms with van der Waals surface area (Å²) in [6.07, 6.45) is -0.578. The summed E-state index contributed by atoms with van der Waals surface area (Å²) in [6.45, 7) is 4.58. The highest BCUT2D eigenvalue weighted by molar-refractivity contribution is 6.43. The van der Waals surface area contributed by atoms with E-state index in [9.17, 15) is 18.0 Å². The van der Waals surface area contributed by atoms with E-state index in [1.54, 1.807) is 43.6 Å². The van der Waals surface area contributed by atoms with Gasteiger partial charge in [-0.15, -0.1) is 0 Å². The Hall–Kier alpha value is -2.71. The first-order valence-corrected chi connectivity index (χ1v) is 9.31. The second kappa shape index (κ2) is 10.4. The molecule has 0 spiro atoms. The van der Waals surface area contributed by atoms with Crippen molar-refractivity contribution >= 4 is 41.7 Å². The molecule has 0 fully saturated rings. The number of aromatic nitrogens is 1. The molecule has 5 nitrogen and oxygen atoms in total. The number of benzene rings is 1. The maximum atomic E-state index is 12.8. The SMILES string of the molecule is C=N/C(=N\C=C(/C)C(CNC(=O)c1cccc(Cl)c1Cl)c1ccncc1)C(F)(F)F. The molecule has 0 bridgehead atoms. The highest BCUT2D eigenvalue weighted by atomic mass is 35.5. The Morgan fingerprint density at radius 2 is 1.93 bits per heavy atom. The third-order valence-electron chi connectivity index (χ3n) is 4.11. The van der Waals surface area contributed by atoms with Gasteiger partial charge in [0.05, 0.1) is 15.6 Å². The molecule has 0 aliphatic heterocycles. The first-order chi connectivity index (χ1) is 14.1. The summed E-state index contributed by atoms with van der Waals surface area (Å²) in [7, 11) is 0. The molecule has 1 heterocycles. The summed E-state index contributed by atoms with van der Waals surface area (Å²) in [5.41, 5.74) is 1.38. The van der Waals surface area contributed by atoms with Gasteiger partial charge in [0.1, 0.15) is 0 Å². The highest BCUT2D eigenvalue weighted by Gasteiger charge is 2.35. The molecule has 1 amide bonds. The van der Waals surface area contributed by atoms with Crippen molar-refractivity contribution in [2.45, 2.75) is 19.0 Å². The summed E-state index contributed by atoms with van der Waals surface area (Å²) in [5.74, 6) is -2.30. The maximum absolute atomic E-state index is 12.8. The smallest absolute Gasteiger partial charge is 0.351 e. The number of aliphatic imine (C=N–C) groups is 2. The predicted octanol–water partition coefficient (Wildman–Crippen LogP) is 5.47. The molecule has 1 atom stereocenters. The fourth-order valence-electron chi connectivity index (χ4n) is 2.56. The van der Waals surface area contributed by atoms with Crippen molar-refractivity contribution in [2.24, 2.45) is 9.98 Å². The Bertz CT molecular complexity index is 976. The van der Waals surface area contributed by atoms with Crippen molar-refractivity contribution in [3.05, 3.63) is 75.7 Å². The molecule has 1 aromatic heterocycles. The summed E-state index contributed by atoms with van der Waals surface area (Å²) in [4.78, 5) is 22.8. The van der Waals surface area contributed by atoms with Crippen LogP contribution in [0.25, 0.3) is 0 Å². The summed E-state index contributed by atoms with van der Waals surface area (Å²) < 4.78 is 38.5. The first-order valence-electron chi connectivity index (χ1n) is 8.55. The lowest BCUT2D eigenvalue weighted by molar-refractivity contribution is -0.0596. The van der Waals surface area contributed by atoms with E-state index in [0.717, 1.165) is 11.8 Å². The van der Waals surface area contributed by atoms with Crippen molar-refractivity contribution in [3.8, 4) is 0 Å². The lowest BCUT2D eigenvalue weighted by atomic mass is 9.93. The van der Waals surface area contributed by atoms with Crippen molar-refractivity contribution < 1.29 is 18.0 Å². The second-order valence-electron chi connectivity index (χ2n) is 6.13. The normalized spacial score (nSPS) is 13.7. The number of nitrogens with one attached hydrogen (secondary N) is 1. The van der Waals surface area contributed by atoms with Crippen molar-refractivity contribution in [1.82, 2.24) is 10.3 Å². The number of carbonyl (C=O) groups is 1. The van der Waals surface area contributed by atoms with Crippen molar-refractivity contribution in [2.75, 3.05) is 6.54 Å². The Kier molecular flexibility index (Phi) is 8.14. The van der Waals surface area contributed by atoms with Gasteiger partial charge >= 0.3 is 6.18 Å². The number of rotatable bonds is 6. The van der Waals surface area contributed by atoms with E-state index in [2.05, 4.69) is 27.0 Å². The zero-order valence-electron chi connectivity index (χ0n) is 15.8. The van der Waals surface area contributed by atoms with Crippen LogP contribution < -0.4 is 5.32 Å². The Morgan fingerprint density at radius 1 is 1.27 bits per heavy atom. The zero-order chi connectivity index (χ0) is 22.3. The van der Waals surface area contributed by atoms with Crippen LogP contribution in [0, 0.1) is 0 Å². The molecule has 158 valence electrons. The molecular weight excluding hydrogens is 440 g/mol. The van der Waals surface area contributed by atoms with Crippen molar-refractivity contribution in [3.63, 3.8) is 0 Å². The van der Waals surface area contributed by atoms with Crippen LogP contribution in [0.3, 0.4) is 0 Å². The Morgan fingerprint density at radius 3 is 2.53 bits per heavy atom. The lowest BCUT2D eigenvalue weighted by Crippen LogP contribution is -2.29. The molecule has 0 radical (unpaired) electrons. The molecule has 0 aliphatic carbocycles. The maximum Gasteiger partial charge on any atom is 0.451 e. The molecule has 0 aliphatic rings. The van der Waals surface area contributed by atoms with E-state index in [1.807, 2.05) is 0 Å². The van der Waals surface area contributed by atoms with E-state index in [4.69, 9.17) is 23.2 Å². The number of amidine groups is 1. The molecule has 1 N–H and O–H groups in total. The molecule has 1 unspecified atom stereocenters. The van der Waals surface area contributed by atoms with E-state index < -0.39 is 23.8 Å². The monoisotopic (exact) mass is 456 g/mol. The average Bonchev–Trinajstić information content (AvgIpc) is 2.70. The summed E-state index contributed by atoms with van der Waals surface area (Å²) in [5, 5.41) is 3.07. The molecule has 2 aromatic rings. The molecule has 10 heteroatoms. The number of hydrogen-bond donors (Lipinski definition) is 1. The van der Waals surface area contributed by atoms with Gasteiger partial charge in [0, 0.05) is 31.1 Å². The van der Waals surface area contributed by atoms with Gasteiger partial charge in [-0.25, -0.2) is 9.98 Å². The Balaban J connectivity index is 2.29. The first kappa shape index (κ1) is 23.6. The molecule has 0 saturated carbocycles.